The molecule has 1 aliphatic heterocycles. The average molecular weight is 394 g/mol. The van der Waals surface area contributed by atoms with Crippen LogP contribution < -0.4 is 9.03 Å². The van der Waals surface area contributed by atoms with Crippen LogP contribution in [0.25, 0.3) is 11.1 Å². The van der Waals surface area contributed by atoms with E-state index in [9.17, 15) is 18.3 Å². The van der Waals surface area contributed by atoms with Crippen LogP contribution in [0.2, 0.25) is 0 Å². The molecule has 1 fully saturated rings. The van der Waals surface area contributed by atoms with Crippen molar-refractivity contribution in [2.75, 3.05) is 10.8 Å². The molecule has 0 atom stereocenters. The molecule has 4 rings (SSSR count). The molecule has 0 aliphatic carbocycles. The lowest BCUT2D eigenvalue weighted by Crippen LogP contribution is -2.29. The average Bonchev–Trinajstić information content (AvgIpc) is 2.95. The van der Waals surface area contributed by atoms with Gasteiger partial charge in [-0.3, -0.25) is 4.79 Å². The van der Waals surface area contributed by atoms with Crippen molar-refractivity contribution in [1.82, 2.24) is 4.72 Å². The molecular weight excluding hydrogens is 376 g/mol. The maximum Gasteiger partial charge on any atom is 0.326 e. The molecule has 6 nitrogen and oxygen atoms in total. The lowest BCUT2D eigenvalue weighted by molar-refractivity contribution is -0.117. The molecule has 1 heterocycles. The van der Waals surface area contributed by atoms with Gasteiger partial charge in [-0.15, -0.1) is 0 Å². The molecule has 1 aliphatic rings. The van der Waals surface area contributed by atoms with Gasteiger partial charge in [-0.2, -0.15) is 8.42 Å². The number of nitrogens with one attached hydrogen (secondary N) is 1. The Kier molecular flexibility index (Phi) is 4.52. The number of aromatic hydroxyl groups is 1. The van der Waals surface area contributed by atoms with E-state index in [0.29, 0.717) is 6.42 Å². The third kappa shape index (κ3) is 3.57. The number of anilines is 1. The highest BCUT2D eigenvalue weighted by Gasteiger charge is 2.35. The summed E-state index contributed by atoms with van der Waals surface area (Å²) in [5.41, 5.74) is 4.22. The van der Waals surface area contributed by atoms with Crippen molar-refractivity contribution in [3.63, 3.8) is 0 Å². The first-order valence-electron chi connectivity index (χ1n) is 8.72. The zero-order valence-electron chi connectivity index (χ0n) is 14.9. The number of hydrogen-bond donors (Lipinski definition) is 2. The highest BCUT2D eigenvalue weighted by Crippen LogP contribution is 2.32. The second-order valence-corrected chi connectivity index (χ2v) is 8.20. The second kappa shape index (κ2) is 7.01. The van der Waals surface area contributed by atoms with Crippen LogP contribution in [0.3, 0.4) is 0 Å². The van der Waals surface area contributed by atoms with E-state index in [1.54, 1.807) is 6.07 Å². The zero-order chi connectivity index (χ0) is 19.7. The summed E-state index contributed by atoms with van der Waals surface area (Å²) >= 11 is 0. The van der Waals surface area contributed by atoms with Gasteiger partial charge in [0.2, 0.25) is 0 Å². The van der Waals surface area contributed by atoms with E-state index in [1.165, 1.54) is 12.1 Å². The predicted octanol–water partition coefficient (Wildman–Crippen LogP) is 2.83. The van der Waals surface area contributed by atoms with Crippen LogP contribution in [0.1, 0.15) is 11.1 Å². The number of hydrogen-bond acceptors (Lipinski definition) is 4. The Balaban J connectivity index is 1.59. The Morgan fingerprint density at radius 2 is 1.61 bits per heavy atom. The Hall–Kier alpha value is -3.32. The van der Waals surface area contributed by atoms with Crippen molar-refractivity contribution in [1.29, 1.82) is 0 Å². The number of amides is 1. The van der Waals surface area contributed by atoms with Crippen molar-refractivity contribution in [2.45, 2.75) is 6.42 Å². The summed E-state index contributed by atoms with van der Waals surface area (Å²) in [4.78, 5) is 11.4. The van der Waals surface area contributed by atoms with Crippen molar-refractivity contribution >= 4 is 21.8 Å². The SMILES string of the molecule is O=C1CN(c2ccc(Cc3cccc(-c4ccccc4)c3)cc2O)S(=O)(=O)N1. The van der Waals surface area contributed by atoms with Crippen LogP contribution in [0.4, 0.5) is 5.69 Å². The highest BCUT2D eigenvalue weighted by atomic mass is 32.2. The summed E-state index contributed by atoms with van der Waals surface area (Å²) < 4.78 is 26.7. The third-order valence-corrected chi connectivity index (χ3v) is 5.96. The summed E-state index contributed by atoms with van der Waals surface area (Å²) in [6.07, 6.45) is 0.582. The maximum atomic E-state index is 12.0. The summed E-state index contributed by atoms with van der Waals surface area (Å²) in [7, 11) is -3.95. The molecule has 7 heteroatoms. The van der Waals surface area contributed by atoms with Crippen molar-refractivity contribution in [3.05, 3.63) is 83.9 Å². The van der Waals surface area contributed by atoms with Crippen LogP contribution in [-0.2, 0) is 21.4 Å². The second-order valence-electron chi connectivity index (χ2n) is 6.60. The molecule has 0 aromatic heterocycles. The number of rotatable bonds is 4. The minimum absolute atomic E-state index is 0.0835. The van der Waals surface area contributed by atoms with Crippen LogP contribution in [-0.4, -0.2) is 26.0 Å². The first kappa shape index (κ1) is 18.1. The van der Waals surface area contributed by atoms with Crippen molar-refractivity contribution in [2.24, 2.45) is 0 Å². The van der Waals surface area contributed by atoms with E-state index in [-0.39, 0.29) is 18.0 Å². The van der Waals surface area contributed by atoms with E-state index >= 15 is 0 Å². The predicted molar refractivity (Wildman–Crippen MR) is 107 cm³/mol. The van der Waals surface area contributed by atoms with Gasteiger partial charge in [-0.1, -0.05) is 60.7 Å². The molecule has 1 amide bonds. The molecular formula is C21H18N2O4S. The topological polar surface area (TPSA) is 86.7 Å². The van der Waals surface area contributed by atoms with Crippen LogP contribution in [0, 0.1) is 0 Å². The Morgan fingerprint density at radius 3 is 2.29 bits per heavy atom. The van der Waals surface area contributed by atoms with Gasteiger partial charge in [0.1, 0.15) is 12.3 Å². The molecule has 2 N–H and O–H groups in total. The van der Waals surface area contributed by atoms with E-state index < -0.39 is 16.1 Å². The fraction of sp³-hybridized carbons (Fsp3) is 0.0952. The molecule has 0 radical (unpaired) electrons. The molecule has 3 aromatic rings. The Morgan fingerprint density at radius 1 is 0.893 bits per heavy atom. The molecule has 0 saturated carbocycles. The van der Waals surface area contributed by atoms with Crippen LogP contribution >= 0.6 is 0 Å². The lowest BCUT2D eigenvalue weighted by Gasteiger charge is -2.16. The summed E-state index contributed by atoms with van der Waals surface area (Å²) in [6.45, 7) is -0.339. The molecule has 1 saturated heterocycles. The molecule has 3 aromatic carbocycles. The minimum atomic E-state index is -3.95. The van der Waals surface area contributed by atoms with Crippen molar-refractivity contribution < 1.29 is 18.3 Å². The van der Waals surface area contributed by atoms with Crippen LogP contribution in [0.15, 0.2) is 72.8 Å². The first-order valence-corrected chi connectivity index (χ1v) is 10.2. The standard InChI is InChI=1S/C21H18N2O4S/c24-20-13-16(9-10-19(20)23-14-21(25)22-28(23,26)27)11-15-5-4-8-18(12-15)17-6-2-1-3-7-17/h1-10,12-13,24H,11,14H2,(H,22,25). The third-order valence-electron chi connectivity index (χ3n) is 4.57. The minimum Gasteiger partial charge on any atom is -0.506 e. The number of benzene rings is 3. The monoisotopic (exact) mass is 394 g/mol. The quantitative estimate of drug-likeness (QED) is 0.712. The fourth-order valence-corrected chi connectivity index (χ4v) is 4.44. The Bertz CT molecular complexity index is 1140. The smallest absolute Gasteiger partial charge is 0.326 e. The zero-order valence-corrected chi connectivity index (χ0v) is 15.7. The molecule has 0 bridgehead atoms. The number of nitrogens with zero attached hydrogens (tertiary/aromatic N) is 1. The largest absolute Gasteiger partial charge is 0.506 e. The number of phenols is 1. The van der Waals surface area contributed by atoms with E-state index in [0.717, 1.165) is 26.6 Å². The van der Waals surface area contributed by atoms with Gasteiger partial charge in [0, 0.05) is 0 Å². The van der Waals surface area contributed by atoms with Gasteiger partial charge in [0.05, 0.1) is 5.69 Å². The van der Waals surface area contributed by atoms with Crippen molar-refractivity contribution in [3.8, 4) is 16.9 Å². The van der Waals surface area contributed by atoms with Gasteiger partial charge >= 0.3 is 10.2 Å². The van der Waals surface area contributed by atoms with E-state index in [1.807, 2.05) is 53.3 Å². The maximum absolute atomic E-state index is 12.0. The van der Waals surface area contributed by atoms with Gasteiger partial charge in [-0.05, 0) is 40.8 Å². The van der Waals surface area contributed by atoms with E-state index in [4.69, 9.17) is 0 Å². The summed E-state index contributed by atoms with van der Waals surface area (Å²) in [5, 5.41) is 10.3. The number of carbonyl (C=O) groups excluding carboxylic acids is 1. The summed E-state index contributed by atoms with van der Waals surface area (Å²) in [6, 6.07) is 23.0. The molecule has 0 unspecified atom stereocenters. The van der Waals surface area contributed by atoms with Gasteiger partial charge in [0.15, 0.2) is 0 Å². The number of phenolic OH excluding ortho intramolecular Hbond substituents is 1. The first-order chi connectivity index (χ1) is 13.4. The fourth-order valence-electron chi connectivity index (χ4n) is 3.28. The van der Waals surface area contributed by atoms with Gasteiger partial charge in [0.25, 0.3) is 5.91 Å². The van der Waals surface area contributed by atoms with Gasteiger partial charge in [-0.25, -0.2) is 9.03 Å². The summed E-state index contributed by atoms with van der Waals surface area (Å²) in [5.74, 6) is -0.807. The number of carbonyl (C=O) groups is 1. The highest BCUT2D eigenvalue weighted by molar-refractivity contribution is 7.92. The van der Waals surface area contributed by atoms with Crippen LogP contribution in [0.5, 0.6) is 5.75 Å². The van der Waals surface area contributed by atoms with Gasteiger partial charge < -0.3 is 5.11 Å². The lowest BCUT2D eigenvalue weighted by atomic mass is 9.99. The Labute approximate surface area is 163 Å². The molecule has 142 valence electrons. The molecule has 28 heavy (non-hydrogen) atoms. The molecule has 0 spiro atoms. The normalized spacial score (nSPS) is 15.4. The van der Waals surface area contributed by atoms with E-state index in [2.05, 4.69) is 6.07 Å².